The van der Waals surface area contributed by atoms with Gasteiger partial charge in [-0.3, -0.25) is 0 Å². The molecular weight excluding hydrogens is 389 g/mol. The third-order valence-electron chi connectivity index (χ3n) is 3.93. The van der Waals surface area contributed by atoms with Crippen molar-refractivity contribution in [3.8, 4) is 0 Å². The molecule has 0 radical (unpaired) electrons. The SMILES string of the molecule is O=S(=O)(NCCc1cccc2[nH]ccc12)c1ccc(Cl)c(C(F)(F)F)c1. The highest BCUT2D eigenvalue weighted by Crippen LogP contribution is 2.35. The maximum absolute atomic E-state index is 12.9. The van der Waals surface area contributed by atoms with Gasteiger partial charge in [-0.1, -0.05) is 23.7 Å². The molecule has 1 heterocycles. The molecule has 0 spiro atoms. The average molecular weight is 403 g/mol. The molecule has 3 aromatic rings. The van der Waals surface area contributed by atoms with Crippen LogP contribution in [0.3, 0.4) is 0 Å². The van der Waals surface area contributed by atoms with Crippen LogP contribution in [0.4, 0.5) is 13.2 Å². The van der Waals surface area contributed by atoms with Crippen LogP contribution in [0.2, 0.25) is 5.02 Å². The molecule has 0 aliphatic heterocycles. The summed E-state index contributed by atoms with van der Waals surface area (Å²) in [4.78, 5) is 2.58. The number of halogens is 4. The zero-order valence-corrected chi connectivity index (χ0v) is 14.8. The summed E-state index contributed by atoms with van der Waals surface area (Å²) in [7, 11) is -4.09. The summed E-state index contributed by atoms with van der Waals surface area (Å²) in [5, 5.41) is 0.424. The van der Waals surface area contributed by atoms with Crippen molar-refractivity contribution >= 4 is 32.5 Å². The predicted octanol–water partition coefficient (Wildman–Crippen LogP) is 4.36. The second-order valence-electron chi connectivity index (χ2n) is 5.64. The molecule has 2 N–H and O–H groups in total. The molecule has 26 heavy (non-hydrogen) atoms. The molecule has 2 aromatic carbocycles. The number of sulfonamides is 1. The molecule has 1 aromatic heterocycles. The number of alkyl halides is 3. The van der Waals surface area contributed by atoms with Crippen LogP contribution in [0, 0.1) is 0 Å². The fraction of sp³-hybridized carbons (Fsp3) is 0.176. The highest BCUT2D eigenvalue weighted by Gasteiger charge is 2.34. The fourth-order valence-corrected chi connectivity index (χ4v) is 3.94. The summed E-state index contributed by atoms with van der Waals surface area (Å²) < 4.78 is 65.6. The highest BCUT2D eigenvalue weighted by atomic mass is 35.5. The van der Waals surface area contributed by atoms with Gasteiger partial charge in [0.25, 0.3) is 0 Å². The smallest absolute Gasteiger partial charge is 0.361 e. The Kier molecular flexibility index (Phi) is 5.01. The van der Waals surface area contributed by atoms with Gasteiger partial charge in [0.05, 0.1) is 15.5 Å². The Hall–Kier alpha value is -2.03. The summed E-state index contributed by atoms with van der Waals surface area (Å²) in [5.41, 5.74) is 0.676. The lowest BCUT2D eigenvalue weighted by atomic mass is 10.1. The van der Waals surface area contributed by atoms with Gasteiger partial charge in [-0.25, -0.2) is 13.1 Å². The molecule has 4 nitrogen and oxygen atoms in total. The van der Waals surface area contributed by atoms with Crippen molar-refractivity contribution in [3.63, 3.8) is 0 Å². The van der Waals surface area contributed by atoms with E-state index in [0.717, 1.165) is 28.6 Å². The van der Waals surface area contributed by atoms with E-state index in [1.165, 1.54) is 0 Å². The zero-order chi connectivity index (χ0) is 18.9. The fourth-order valence-electron chi connectivity index (χ4n) is 2.66. The minimum Gasteiger partial charge on any atom is -0.361 e. The zero-order valence-electron chi connectivity index (χ0n) is 13.3. The van der Waals surface area contributed by atoms with Crippen molar-refractivity contribution in [1.82, 2.24) is 9.71 Å². The topological polar surface area (TPSA) is 62.0 Å². The second kappa shape index (κ2) is 6.94. The lowest BCUT2D eigenvalue weighted by Gasteiger charge is -2.12. The van der Waals surface area contributed by atoms with E-state index in [4.69, 9.17) is 11.6 Å². The number of fused-ring (bicyclic) bond motifs is 1. The van der Waals surface area contributed by atoms with Crippen molar-refractivity contribution in [2.45, 2.75) is 17.5 Å². The molecule has 0 fully saturated rings. The Morgan fingerprint density at radius 3 is 2.62 bits per heavy atom. The monoisotopic (exact) mass is 402 g/mol. The third-order valence-corrected chi connectivity index (χ3v) is 5.71. The van der Waals surface area contributed by atoms with Gasteiger partial charge in [0, 0.05) is 23.6 Å². The molecule has 0 saturated carbocycles. The molecule has 138 valence electrons. The van der Waals surface area contributed by atoms with E-state index >= 15 is 0 Å². The maximum atomic E-state index is 12.9. The Labute approximate surface area is 153 Å². The van der Waals surface area contributed by atoms with E-state index in [2.05, 4.69) is 9.71 Å². The number of aromatic nitrogens is 1. The Morgan fingerprint density at radius 1 is 1.12 bits per heavy atom. The van der Waals surface area contributed by atoms with Gasteiger partial charge in [-0.2, -0.15) is 13.2 Å². The number of nitrogens with one attached hydrogen (secondary N) is 2. The minimum atomic E-state index is -4.73. The number of aromatic amines is 1. The predicted molar refractivity (Wildman–Crippen MR) is 93.6 cm³/mol. The van der Waals surface area contributed by atoms with E-state index < -0.39 is 31.7 Å². The van der Waals surface area contributed by atoms with Crippen LogP contribution in [-0.4, -0.2) is 19.9 Å². The van der Waals surface area contributed by atoms with Gasteiger partial charge in [-0.15, -0.1) is 0 Å². The normalized spacial score (nSPS) is 12.6. The largest absolute Gasteiger partial charge is 0.417 e. The number of hydrogen-bond donors (Lipinski definition) is 2. The Morgan fingerprint density at radius 2 is 1.88 bits per heavy atom. The first-order chi connectivity index (χ1) is 12.2. The Balaban J connectivity index is 1.76. The molecule has 0 amide bonds. The average Bonchev–Trinajstić information content (AvgIpc) is 3.03. The van der Waals surface area contributed by atoms with Crippen LogP contribution in [0.5, 0.6) is 0 Å². The molecule has 9 heteroatoms. The van der Waals surface area contributed by atoms with E-state index in [0.29, 0.717) is 12.5 Å². The first-order valence-electron chi connectivity index (χ1n) is 7.60. The van der Waals surface area contributed by atoms with Crippen molar-refractivity contribution < 1.29 is 21.6 Å². The van der Waals surface area contributed by atoms with Gasteiger partial charge in [0.15, 0.2) is 0 Å². The standard InChI is InChI=1S/C17H14ClF3N2O2S/c18-15-5-4-12(10-14(15)17(19,20)21)26(24,25)23-9-6-11-2-1-3-16-13(11)7-8-22-16/h1-5,7-8,10,22-23H,6,9H2. The van der Waals surface area contributed by atoms with Crippen LogP contribution in [0.15, 0.2) is 53.6 Å². The van der Waals surface area contributed by atoms with Gasteiger partial charge >= 0.3 is 6.18 Å². The second-order valence-corrected chi connectivity index (χ2v) is 7.82. The molecule has 0 bridgehead atoms. The van der Waals surface area contributed by atoms with E-state index in [1.54, 1.807) is 6.20 Å². The number of rotatable bonds is 5. The quantitative estimate of drug-likeness (QED) is 0.666. The molecule has 3 rings (SSSR count). The van der Waals surface area contributed by atoms with Gasteiger partial charge in [-0.05, 0) is 42.3 Å². The van der Waals surface area contributed by atoms with Gasteiger partial charge in [0.2, 0.25) is 10.0 Å². The number of hydrogen-bond acceptors (Lipinski definition) is 2. The van der Waals surface area contributed by atoms with Crippen molar-refractivity contribution in [2.24, 2.45) is 0 Å². The van der Waals surface area contributed by atoms with E-state index in [1.807, 2.05) is 24.3 Å². The van der Waals surface area contributed by atoms with Crippen molar-refractivity contribution in [1.29, 1.82) is 0 Å². The third kappa shape index (κ3) is 3.87. The van der Waals surface area contributed by atoms with Crippen LogP contribution < -0.4 is 4.72 Å². The maximum Gasteiger partial charge on any atom is 0.417 e. The summed E-state index contributed by atoms with van der Waals surface area (Å²) in [6, 6.07) is 10.0. The minimum absolute atomic E-state index is 0.0522. The van der Waals surface area contributed by atoms with Crippen LogP contribution in [0.1, 0.15) is 11.1 Å². The first-order valence-corrected chi connectivity index (χ1v) is 9.46. The van der Waals surface area contributed by atoms with Crippen molar-refractivity contribution in [3.05, 3.63) is 64.8 Å². The van der Waals surface area contributed by atoms with Gasteiger partial charge in [0.1, 0.15) is 0 Å². The summed E-state index contributed by atoms with van der Waals surface area (Å²) in [5.74, 6) is 0. The summed E-state index contributed by atoms with van der Waals surface area (Å²) in [6.07, 6.45) is -2.55. The molecule has 0 aliphatic rings. The van der Waals surface area contributed by atoms with Crippen molar-refractivity contribution in [2.75, 3.05) is 6.54 Å². The first kappa shape index (κ1) is 18.8. The molecular formula is C17H14ClF3N2O2S. The number of H-pyrrole nitrogens is 1. The highest BCUT2D eigenvalue weighted by molar-refractivity contribution is 7.89. The summed E-state index contributed by atoms with van der Waals surface area (Å²) in [6.45, 7) is 0.0522. The molecule has 0 aliphatic carbocycles. The van der Waals surface area contributed by atoms with E-state index in [-0.39, 0.29) is 6.54 Å². The number of benzene rings is 2. The molecule has 0 saturated heterocycles. The summed E-state index contributed by atoms with van der Waals surface area (Å²) >= 11 is 5.52. The van der Waals surface area contributed by atoms with Crippen LogP contribution in [-0.2, 0) is 22.6 Å². The van der Waals surface area contributed by atoms with Crippen LogP contribution in [0.25, 0.3) is 10.9 Å². The molecule has 0 unspecified atom stereocenters. The lowest BCUT2D eigenvalue weighted by Crippen LogP contribution is -2.26. The van der Waals surface area contributed by atoms with Crippen LogP contribution >= 0.6 is 11.6 Å². The van der Waals surface area contributed by atoms with Gasteiger partial charge < -0.3 is 4.98 Å². The lowest BCUT2D eigenvalue weighted by molar-refractivity contribution is -0.137. The molecule has 0 atom stereocenters. The Bertz CT molecular complexity index is 1050. The van der Waals surface area contributed by atoms with E-state index in [9.17, 15) is 21.6 Å².